The van der Waals surface area contributed by atoms with Crippen molar-refractivity contribution in [1.82, 2.24) is 29.4 Å². The lowest BCUT2D eigenvalue weighted by Crippen LogP contribution is -2.34. The molecule has 0 radical (unpaired) electrons. The lowest BCUT2D eigenvalue weighted by molar-refractivity contribution is -0.126. The summed E-state index contributed by atoms with van der Waals surface area (Å²) >= 11 is 0. The lowest BCUT2D eigenvalue weighted by atomic mass is 10.1. The van der Waals surface area contributed by atoms with Gasteiger partial charge in [-0.15, -0.1) is 0 Å². The van der Waals surface area contributed by atoms with Gasteiger partial charge in [0.1, 0.15) is 5.65 Å². The Morgan fingerprint density at radius 1 is 1.25 bits per heavy atom. The summed E-state index contributed by atoms with van der Waals surface area (Å²) < 4.78 is 2.65. The molecule has 3 aromatic heterocycles. The first-order valence-electron chi connectivity index (χ1n) is 12.4. The number of hydrogen-bond acceptors (Lipinski definition) is 6. The number of amides is 2. The fourth-order valence-electron chi connectivity index (χ4n) is 4.76. The number of hydrogen-bond donors (Lipinski definition) is 2. The van der Waals surface area contributed by atoms with Gasteiger partial charge in [-0.25, -0.2) is 0 Å². The summed E-state index contributed by atoms with van der Waals surface area (Å²) in [6, 6.07) is 3.84. The summed E-state index contributed by atoms with van der Waals surface area (Å²) in [6.07, 6.45) is 11.6. The molecule has 36 heavy (non-hydrogen) atoms. The van der Waals surface area contributed by atoms with Crippen LogP contribution in [0.3, 0.4) is 0 Å². The molecule has 2 amide bonds. The molecule has 1 unspecified atom stereocenters. The predicted molar refractivity (Wildman–Crippen MR) is 133 cm³/mol. The van der Waals surface area contributed by atoms with Gasteiger partial charge in [0.05, 0.1) is 12.2 Å². The Kier molecular flexibility index (Phi) is 6.34. The molecule has 3 aromatic rings. The van der Waals surface area contributed by atoms with Crippen LogP contribution >= 0.6 is 0 Å². The maximum atomic E-state index is 13.2. The summed E-state index contributed by atoms with van der Waals surface area (Å²) in [6.45, 7) is 4.95. The number of nitrogens with one attached hydrogen (secondary N) is 1. The molecular weight excluding hydrogens is 460 g/mol. The SMILES string of the molecule is CC(C)Cn1c(O)c(C(=O)NC2CC2)c(=O)n2ncc(C=CC(=O)N3CCCC3c3cccnc3)c12. The van der Waals surface area contributed by atoms with Crippen LogP contribution in [0.5, 0.6) is 5.88 Å². The van der Waals surface area contributed by atoms with Gasteiger partial charge in [0.2, 0.25) is 11.8 Å². The first kappa shape index (κ1) is 23.8. The fourth-order valence-corrected chi connectivity index (χ4v) is 4.76. The van der Waals surface area contributed by atoms with Crippen LogP contribution < -0.4 is 10.9 Å². The van der Waals surface area contributed by atoms with E-state index in [0.717, 1.165) is 35.8 Å². The summed E-state index contributed by atoms with van der Waals surface area (Å²) in [7, 11) is 0. The van der Waals surface area contributed by atoms with Crippen LogP contribution in [-0.2, 0) is 11.3 Å². The topological polar surface area (TPSA) is 122 Å². The molecule has 1 aliphatic heterocycles. The molecule has 10 heteroatoms. The van der Waals surface area contributed by atoms with Crippen LogP contribution in [0.25, 0.3) is 11.7 Å². The van der Waals surface area contributed by atoms with Gasteiger partial charge in [-0.1, -0.05) is 19.9 Å². The van der Waals surface area contributed by atoms with Gasteiger partial charge in [0, 0.05) is 43.2 Å². The van der Waals surface area contributed by atoms with Crippen molar-refractivity contribution < 1.29 is 14.7 Å². The number of rotatable bonds is 7. The second-order valence-corrected chi connectivity index (χ2v) is 9.90. The second kappa shape index (κ2) is 9.60. The lowest BCUT2D eigenvalue weighted by Gasteiger charge is -2.23. The van der Waals surface area contributed by atoms with E-state index in [-0.39, 0.29) is 29.5 Å². The summed E-state index contributed by atoms with van der Waals surface area (Å²) in [5.74, 6) is -1.03. The smallest absolute Gasteiger partial charge is 0.291 e. The summed E-state index contributed by atoms with van der Waals surface area (Å²) in [5.41, 5.74) is 0.829. The summed E-state index contributed by atoms with van der Waals surface area (Å²) in [4.78, 5) is 45.0. The van der Waals surface area contributed by atoms with E-state index in [0.29, 0.717) is 24.3 Å². The van der Waals surface area contributed by atoms with Crippen molar-refractivity contribution in [3.63, 3.8) is 0 Å². The van der Waals surface area contributed by atoms with E-state index in [2.05, 4.69) is 15.4 Å². The third kappa shape index (κ3) is 4.50. The standard InChI is InChI=1S/C26H30N6O4/c1-16(2)15-31-24-18(7-10-21(33)30-12-4-6-20(30)17-5-3-11-27-13-17)14-28-32(24)26(36)22(25(31)35)23(34)29-19-8-9-19/h3,5,7,10-11,13-14,16,19-20,35H,4,6,8-9,12,15H2,1-2H3,(H,29,34). The second-order valence-electron chi connectivity index (χ2n) is 9.90. The zero-order valence-electron chi connectivity index (χ0n) is 20.4. The fraction of sp³-hybridized carbons (Fsp3) is 0.423. The molecule has 1 saturated heterocycles. The van der Waals surface area contributed by atoms with E-state index in [9.17, 15) is 19.5 Å². The minimum atomic E-state index is -0.692. The van der Waals surface area contributed by atoms with Crippen molar-refractivity contribution in [1.29, 1.82) is 0 Å². The molecule has 4 heterocycles. The van der Waals surface area contributed by atoms with E-state index >= 15 is 0 Å². The van der Waals surface area contributed by atoms with Crippen molar-refractivity contribution >= 4 is 23.5 Å². The van der Waals surface area contributed by atoms with Gasteiger partial charge >= 0.3 is 0 Å². The van der Waals surface area contributed by atoms with Crippen molar-refractivity contribution in [2.24, 2.45) is 5.92 Å². The molecule has 0 spiro atoms. The maximum absolute atomic E-state index is 13.2. The number of aromatic hydroxyl groups is 1. The Labute approximate surface area is 208 Å². The highest BCUT2D eigenvalue weighted by Gasteiger charge is 2.31. The number of pyridine rings is 1. The molecule has 0 bridgehead atoms. The Hall–Kier alpha value is -3.95. The number of nitrogens with zero attached hydrogens (tertiary/aromatic N) is 5. The molecule has 10 nitrogen and oxygen atoms in total. The molecule has 1 aliphatic carbocycles. The monoisotopic (exact) mass is 490 g/mol. The Balaban J connectivity index is 1.50. The number of carbonyl (C=O) groups excluding carboxylic acids is 2. The molecule has 2 N–H and O–H groups in total. The Morgan fingerprint density at radius 2 is 2.06 bits per heavy atom. The van der Waals surface area contributed by atoms with E-state index < -0.39 is 17.3 Å². The van der Waals surface area contributed by atoms with Crippen LogP contribution in [0.4, 0.5) is 0 Å². The van der Waals surface area contributed by atoms with Gasteiger partial charge in [0.15, 0.2) is 5.56 Å². The first-order valence-corrected chi connectivity index (χ1v) is 12.4. The first-order chi connectivity index (χ1) is 17.3. The zero-order chi connectivity index (χ0) is 25.4. The number of carbonyl (C=O) groups is 2. The molecule has 1 atom stereocenters. The largest absolute Gasteiger partial charge is 0.494 e. The Bertz CT molecular complexity index is 1390. The van der Waals surface area contributed by atoms with E-state index in [1.807, 2.05) is 30.9 Å². The maximum Gasteiger partial charge on any atom is 0.291 e. The van der Waals surface area contributed by atoms with Gasteiger partial charge in [-0.2, -0.15) is 9.61 Å². The number of aromatic nitrogens is 4. The highest BCUT2D eigenvalue weighted by Crippen LogP contribution is 2.32. The molecule has 5 rings (SSSR count). The molecule has 188 valence electrons. The minimum Gasteiger partial charge on any atom is -0.494 e. The molecule has 2 fully saturated rings. The van der Waals surface area contributed by atoms with E-state index in [4.69, 9.17) is 0 Å². The highest BCUT2D eigenvalue weighted by atomic mass is 16.3. The molecule has 0 aromatic carbocycles. The van der Waals surface area contributed by atoms with Gasteiger partial charge in [-0.05, 0) is 49.3 Å². The predicted octanol–water partition coefficient (Wildman–Crippen LogP) is 2.52. The van der Waals surface area contributed by atoms with Crippen LogP contribution in [0.1, 0.15) is 67.1 Å². The molecular formula is C26H30N6O4. The van der Waals surface area contributed by atoms with E-state index in [1.54, 1.807) is 18.5 Å². The van der Waals surface area contributed by atoms with Gasteiger partial charge < -0.3 is 15.3 Å². The van der Waals surface area contributed by atoms with Crippen molar-refractivity contribution in [3.05, 3.63) is 63.8 Å². The van der Waals surface area contributed by atoms with Crippen molar-refractivity contribution in [2.75, 3.05) is 6.54 Å². The van der Waals surface area contributed by atoms with Gasteiger partial charge in [0.25, 0.3) is 11.5 Å². The van der Waals surface area contributed by atoms with E-state index in [1.165, 1.54) is 16.8 Å². The third-order valence-electron chi connectivity index (χ3n) is 6.61. The highest BCUT2D eigenvalue weighted by molar-refractivity contribution is 5.97. The number of likely N-dealkylation sites (tertiary alicyclic amines) is 1. The van der Waals surface area contributed by atoms with Crippen LogP contribution in [0, 0.1) is 5.92 Å². The van der Waals surface area contributed by atoms with Crippen molar-refractivity contribution in [2.45, 2.75) is 58.2 Å². The van der Waals surface area contributed by atoms with Crippen LogP contribution in [-0.4, -0.2) is 53.6 Å². The summed E-state index contributed by atoms with van der Waals surface area (Å²) in [5, 5.41) is 18.0. The van der Waals surface area contributed by atoms with Crippen LogP contribution in [0.2, 0.25) is 0 Å². The average molecular weight is 491 g/mol. The number of fused-ring (bicyclic) bond motifs is 1. The van der Waals surface area contributed by atoms with Gasteiger partial charge in [-0.3, -0.25) is 23.9 Å². The zero-order valence-corrected chi connectivity index (χ0v) is 20.4. The quantitative estimate of drug-likeness (QED) is 0.491. The molecule has 1 saturated carbocycles. The van der Waals surface area contributed by atoms with Crippen molar-refractivity contribution in [3.8, 4) is 5.88 Å². The minimum absolute atomic E-state index is 0.0320. The Morgan fingerprint density at radius 3 is 2.75 bits per heavy atom. The van der Waals surface area contributed by atoms with Crippen LogP contribution in [0.15, 0.2) is 41.6 Å². The average Bonchev–Trinajstić information content (AvgIpc) is 3.36. The third-order valence-corrected chi connectivity index (χ3v) is 6.61. The normalized spacial score (nSPS) is 18.0. The molecule has 2 aliphatic rings.